The Morgan fingerprint density at radius 1 is 1.13 bits per heavy atom. The van der Waals surface area contributed by atoms with Crippen LogP contribution in [0, 0.1) is 0 Å². The number of hydrogen-bond acceptors (Lipinski definition) is 3. The third-order valence-corrected chi connectivity index (χ3v) is 5.76. The minimum absolute atomic E-state index is 0.151. The van der Waals surface area contributed by atoms with Gasteiger partial charge in [0.05, 0.1) is 15.6 Å². The lowest BCUT2D eigenvalue weighted by atomic mass is 10.1. The minimum Gasteiger partial charge on any atom is -0.350 e. The molecule has 1 unspecified atom stereocenters. The fourth-order valence-electron chi connectivity index (χ4n) is 3.29. The van der Waals surface area contributed by atoms with Crippen LogP contribution in [0.25, 0.3) is 0 Å². The number of carbonyl (C=O) groups is 3. The molecular formula is C22H23Cl2N3O3. The van der Waals surface area contributed by atoms with Crippen molar-refractivity contribution in [3.8, 4) is 0 Å². The number of hydrogen-bond donors (Lipinski definition) is 2. The molecule has 3 rings (SSSR count). The molecule has 3 amide bonds. The topological polar surface area (TPSA) is 78.5 Å². The van der Waals surface area contributed by atoms with Crippen LogP contribution in [0.2, 0.25) is 10.0 Å². The molecule has 2 aromatic carbocycles. The van der Waals surface area contributed by atoms with Gasteiger partial charge in [0, 0.05) is 26.1 Å². The summed E-state index contributed by atoms with van der Waals surface area (Å²) < 4.78 is 0. The van der Waals surface area contributed by atoms with Crippen molar-refractivity contribution in [1.29, 1.82) is 0 Å². The molecule has 1 aliphatic heterocycles. The predicted octanol–water partition coefficient (Wildman–Crippen LogP) is 3.55. The second-order valence-electron chi connectivity index (χ2n) is 7.25. The normalized spacial score (nSPS) is 14.5. The van der Waals surface area contributed by atoms with Crippen LogP contribution < -0.4 is 10.6 Å². The summed E-state index contributed by atoms with van der Waals surface area (Å²) in [5.74, 6) is -0.609. The summed E-state index contributed by atoms with van der Waals surface area (Å²) in [7, 11) is 0. The highest BCUT2D eigenvalue weighted by Crippen LogP contribution is 2.25. The maximum Gasteiger partial charge on any atom is 0.253 e. The fraction of sp³-hybridized carbons (Fsp3) is 0.318. The number of nitrogens with zero attached hydrogens (tertiary/aromatic N) is 1. The van der Waals surface area contributed by atoms with E-state index < -0.39 is 11.9 Å². The van der Waals surface area contributed by atoms with Gasteiger partial charge < -0.3 is 15.5 Å². The summed E-state index contributed by atoms with van der Waals surface area (Å²) in [6, 6.07) is 11.8. The maximum absolute atomic E-state index is 12.4. The first-order valence-corrected chi connectivity index (χ1v) is 10.5. The Balaban J connectivity index is 1.53. The molecule has 0 spiro atoms. The maximum atomic E-state index is 12.4. The van der Waals surface area contributed by atoms with Gasteiger partial charge in [0.2, 0.25) is 11.8 Å². The second-order valence-corrected chi connectivity index (χ2v) is 8.04. The zero-order chi connectivity index (χ0) is 21.7. The van der Waals surface area contributed by atoms with E-state index in [2.05, 4.69) is 10.6 Å². The lowest BCUT2D eigenvalue weighted by Gasteiger charge is -2.17. The van der Waals surface area contributed by atoms with Crippen LogP contribution >= 0.6 is 23.2 Å². The minimum atomic E-state index is -0.752. The van der Waals surface area contributed by atoms with Crippen molar-refractivity contribution in [1.82, 2.24) is 15.5 Å². The molecule has 2 N–H and O–H groups in total. The number of halogens is 2. The molecule has 1 fully saturated rings. The Hall–Kier alpha value is -2.57. The third-order valence-electron chi connectivity index (χ3n) is 4.94. The number of rotatable bonds is 7. The van der Waals surface area contributed by atoms with Gasteiger partial charge in [0.25, 0.3) is 5.91 Å². The number of carbonyl (C=O) groups excluding carboxylic acids is 3. The largest absolute Gasteiger partial charge is 0.350 e. The first kappa shape index (κ1) is 22.1. The number of likely N-dealkylation sites (tertiary alicyclic amines) is 1. The molecule has 1 heterocycles. The lowest BCUT2D eigenvalue weighted by molar-refractivity contribution is -0.128. The van der Waals surface area contributed by atoms with Crippen LogP contribution in [0.15, 0.2) is 42.5 Å². The fourth-order valence-corrected chi connectivity index (χ4v) is 3.68. The van der Waals surface area contributed by atoms with E-state index in [1.54, 1.807) is 25.1 Å². The highest BCUT2D eigenvalue weighted by Gasteiger charge is 2.21. The molecule has 8 heteroatoms. The van der Waals surface area contributed by atoms with Crippen LogP contribution in [0.3, 0.4) is 0 Å². The van der Waals surface area contributed by atoms with Gasteiger partial charge in [-0.3, -0.25) is 14.4 Å². The molecule has 1 saturated heterocycles. The van der Waals surface area contributed by atoms with Crippen molar-refractivity contribution in [3.63, 3.8) is 0 Å². The van der Waals surface area contributed by atoms with Crippen LogP contribution in [-0.4, -0.2) is 35.2 Å². The van der Waals surface area contributed by atoms with Crippen molar-refractivity contribution in [3.05, 3.63) is 69.2 Å². The molecule has 6 nitrogen and oxygen atoms in total. The lowest BCUT2D eigenvalue weighted by Crippen LogP contribution is -2.44. The number of amides is 3. The molecular weight excluding hydrogens is 425 g/mol. The zero-order valence-electron chi connectivity index (χ0n) is 16.6. The predicted molar refractivity (Wildman–Crippen MR) is 116 cm³/mol. The number of nitrogens with one attached hydrogen (secondary N) is 2. The Morgan fingerprint density at radius 3 is 2.60 bits per heavy atom. The van der Waals surface area contributed by atoms with E-state index in [-0.39, 0.29) is 27.4 Å². The monoisotopic (exact) mass is 447 g/mol. The van der Waals surface area contributed by atoms with Gasteiger partial charge in [-0.2, -0.15) is 0 Å². The standard InChI is InChI=1S/C22H23Cl2N3O3/c1-14(26-22(30)17-7-3-8-18(23)20(17)24)21(29)25-12-15-5-2-6-16(11-15)13-27-10-4-9-19(27)28/h2-3,5-8,11,14H,4,9-10,12-13H2,1H3,(H,25,29)(H,26,30). The van der Waals surface area contributed by atoms with Crippen LogP contribution in [-0.2, 0) is 22.7 Å². The molecule has 30 heavy (non-hydrogen) atoms. The van der Waals surface area contributed by atoms with Crippen LogP contribution in [0.1, 0.15) is 41.3 Å². The Morgan fingerprint density at radius 2 is 1.87 bits per heavy atom. The molecule has 0 aromatic heterocycles. The van der Waals surface area contributed by atoms with Crippen molar-refractivity contribution in [2.24, 2.45) is 0 Å². The Kier molecular flexibility index (Phi) is 7.34. The molecule has 1 aliphatic rings. The first-order valence-electron chi connectivity index (χ1n) is 9.73. The summed E-state index contributed by atoms with van der Waals surface area (Å²) in [4.78, 5) is 38.4. The SMILES string of the molecule is CC(NC(=O)c1cccc(Cl)c1Cl)C(=O)NCc1cccc(CN2CCCC2=O)c1. The molecule has 158 valence electrons. The summed E-state index contributed by atoms with van der Waals surface area (Å²) in [6.45, 7) is 3.28. The van der Waals surface area contributed by atoms with Gasteiger partial charge in [0.15, 0.2) is 0 Å². The van der Waals surface area contributed by atoms with Gasteiger partial charge in [-0.25, -0.2) is 0 Å². The van der Waals surface area contributed by atoms with Crippen molar-refractivity contribution in [2.75, 3.05) is 6.54 Å². The summed E-state index contributed by atoms with van der Waals surface area (Å²) >= 11 is 12.0. The Labute approximate surface area is 185 Å². The summed E-state index contributed by atoms with van der Waals surface area (Å²) in [5.41, 5.74) is 2.16. The molecule has 0 radical (unpaired) electrons. The molecule has 0 aliphatic carbocycles. The molecule has 1 atom stereocenters. The quantitative estimate of drug-likeness (QED) is 0.680. The highest BCUT2D eigenvalue weighted by molar-refractivity contribution is 6.43. The van der Waals surface area contributed by atoms with E-state index in [4.69, 9.17) is 23.2 Å². The Bertz CT molecular complexity index is 964. The summed E-state index contributed by atoms with van der Waals surface area (Å²) in [6.07, 6.45) is 1.51. The summed E-state index contributed by atoms with van der Waals surface area (Å²) in [5, 5.41) is 5.87. The molecule has 0 saturated carbocycles. The molecule has 0 bridgehead atoms. The van der Waals surface area contributed by atoms with Crippen molar-refractivity contribution >= 4 is 40.9 Å². The van der Waals surface area contributed by atoms with Gasteiger partial charge in [-0.15, -0.1) is 0 Å². The van der Waals surface area contributed by atoms with E-state index in [1.807, 2.05) is 29.2 Å². The average molecular weight is 448 g/mol. The van der Waals surface area contributed by atoms with E-state index in [1.165, 1.54) is 0 Å². The van der Waals surface area contributed by atoms with E-state index >= 15 is 0 Å². The average Bonchev–Trinajstić information content (AvgIpc) is 3.12. The van der Waals surface area contributed by atoms with Crippen molar-refractivity contribution < 1.29 is 14.4 Å². The third kappa shape index (κ3) is 5.52. The second kappa shape index (κ2) is 9.96. The van der Waals surface area contributed by atoms with E-state index in [0.717, 1.165) is 24.1 Å². The highest BCUT2D eigenvalue weighted by atomic mass is 35.5. The number of benzene rings is 2. The zero-order valence-corrected chi connectivity index (χ0v) is 18.1. The first-order chi connectivity index (χ1) is 14.3. The van der Waals surface area contributed by atoms with Gasteiger partial charge in [-0.1, -0.05) is 53.5 Å². The van der Waals surface area contributed by atoms with Crippen LogP contribution in [0.5, 0.6) is 0 Å². The van der Waals surface area contributed by atoms with Crippen molar-refractivity contribution in [2.45, 2.75) is 38.9 Å². The smallest absolute Gasteiger partial charge is 0.253 e. The molecule has 2 aromatic rings. The van der Waals surface area contributed by atoms with Crippen LogP contribution in [0.4, 0.5) is 0 Å². The van der Waals surface area contributed by atoms with Gasteiger partial charge >= 0.3 is 0 Å². The van der Waals surface area contributed by atoms with E-state index in [0.29, 0.717) is 19.5 Å². The van der Waals surface area contributed by atoms with E-state index in [9.17, 15) is 14.4 Å². The van der Waals surface area contributed by atoms with Gasteiger partial charge in [0.1, 0.15) is 6.04 Å². The van der Waals surface area contributed by atoms with Gasteiger partial charge in [-0.05, 0) is 36.6 Å².